The van der Waals surface area contributed by atoms with E-state index in [0.29, 0.717) is 17.1 Å². The number of nitrogens with zero attached hydrogens (tertiary/aromatic N) is 3. The number of fused-ring (bicyclic) bond motifs is 4. The summed E-state index contributed by atoms with van der Waals surface area (Å²) < 4.78 is 8.15. The molecule has 33 heavy (non-hydrogen) atoms. The third-order valence-corrected chi connectivity index (χ3v) is 5.66. The first-order valence-electron chi connectivity index (χ1n) is 10.3. The Bertz CT molecular complexity index is 1630. The summed E-state index contributed by atoms with van der Waals surface area (Å²) in [7, 11) is 0. The van der Waals surface area contributed by atoms with E-state index in [1.54, 1.807) is 12.3 Å². The molecular weight excluding hydrogens is 593 g/mol. The number of pyridine rings is 2. The van der Waals surface area contributed by atoms with Gasteiger partial charge in [-0.25, -0.2) is 9.97 Å². The van der Waals surface area contributed by atoms with Gasteiger partial charge in [-0.05, 0) is 42.1 Å². The maximum absolute atomic E-state index is 10.4. The Morgan fingerprint density at radius 1 is 0.879 bits per heavy atom. The van der Waals surface area contributed by atoms with Crippen molar-refractivity contribution in [2.75, 3.05) is 0 Å². The summed E-state index contributed by atoms with van der Waals surface area (Å²) in [6.45, 7) is 1.85. The fourth-order valence-corrected chi connectivity index (χ4v) is 4.08. The molecule has 3 aromatic heterocycles. The number of para-hydroxylation sites is 1. The predicted molar refractivity (Wildman–Crippen MR) is 126 cm³/mol. The minimum absolute atomic E-state index is 0. The van der Waals surface area contributed by atoms with Crippen LogP contribution in [0.2, 0.25) is 0 Å². The molecule has 0 bridgehead atoms. The Hall–Kier alpha value is -3.69. The molecule has 0 saturated carbocycles. The van der Waals surface area contributed by atoms with Crippen LogP contribution in [-0.4, -0.2) is 19.6 Å². The van der Waals surface area contributed by atoms with Gasteiger partial charge in [0.2, 0.25) is 5.88 Å². The number of hydrogen-bond donors (Lipinski definition) is 1. The Labute approximate surface area is 204 Å². The Balaban J connectivity index is 0.00000228. The van der Waals surface area contributed by atoms with Crippen LogP contribution in [0.1, 0.15) is 5.56 Å². The largest absolute Gasteiger partial charge is 0.505 e. The molecule has 3 aromatic carbocycles. The van der Waals surface area contributed by atoms with E-state index in [9.17, 15) is 5.11 Å². The van der Waals surface area contributed by atoms with Gasteiger partial charge in [0.25, 0.3) is 0 Å². The zero-order valence-electron chi connectivity index (χ0n) is 17.6. The van der Waals surface area contributed by atoms with Crippen LogP contribution >= 0.6 is 0 Å². The zero-order valence-corrected chi connectivity index (χ0v) is 19.9. The van der Waals surface area contributed by atoms with E-state index in [1.807, 2.05) is 67.6 Å². The standard InChI is InChI=1S/C27H18N3O2.Pt/c1-17-9-10-18-11-14-25(29-26(18)27(17)31)32-19-12-13-21-20-6-2-3-7-22(20)30(23(21)16-19)24-8-4-5-15-28-24;/h2-15,31H,1H3;/q-1;. The first kappa shape index (κ1) is 21.2. The average Bonchev–Trinajstić information content (AvgIpc) is 3.16. The van der Waals surface area contributed by atoms with E-state index in [4.69, 9.17) is 4.74 Å². The molecule has 0 aliphatic heterocycles. The molecule has 6 rings (SSSR count). The van der Waals surface area contributed by atoms with Crippen molar-refractivity contribution in [1.82, 2.24) is 14.5 Å². The quantitative estimate of drug-likeness (QED) is 0.238. The van der Waals surface area contributed by atoms with Gasteiger partial charge in [0.05, 0.1) is 0 Å². The summed E-state index contributed by atoms with van der Waals surface area (Å²) >= 11 is 0. The van der Waals surface area contributed by atoms with Crippen molar-refractivity contribution in [2.45, 2.75) is 6.92 Å². The number of phenolic OH excluding ortho intramolecular Hbond substituents is 1. The van der Waals surface area contributed by atoms with Gasteiger partial charge < -0.3 is 14.4 Å². The Morgan fingerprint density at radius 2 is 1.70 bits per heavy atom. The van der Waals surface area contributed by atoms with Gasteiger partial charge in [-0.3, -0.25) is 0 Å². The minimum atomic E-state index is 0. The average molecular weight is 612 g/mol. The third-order valence-electron chi connectivity index (χ3n) is 5.66. The second-order valence-corrected chi connectivity index (χ2v) is 7.68. The molecule has 0 aliphatic rings. The van der Waals surface area contributed by atoms with Gasteiger partial charge in [0, 0.05) is 50.0 Å². The van der Waals surface area contributed by atoms with Crippen LogP contribution in [0.25, 0.3) is 38.5 Å². The van der Waals surface area contributed by atoms with Gasteiger partial charge >= 0.3 is 0 Å². The number of phenols is 1. The smallest absolute Gasteiger partial charge is 0.217 e. The van der Waals surface area contributed by atoms with Gasteiger partial charge in [-0.2, -0.15) is 6.07 Å². The predicted octanol–water partition coefficient (Wildman–Crippen LogP) is 6.33. The zero-order chi connectivity index (χ0) is 21.7. The maximum atomic E-state index is 10.4. The molecule has 0 atom stereocenters. The second-order valence-electron chi connectivity index (χ2n) is 7.68. The molecule has 0 aliphatic carbocycles. The fraction of sp³-hybridized carbons (Fsp3) is 0.0370. The van der Waals surface area contributed by atoms with Crippen molar-refractivity contribution >= 4 is 32.7 Å². The van der Waals surface area contributed by atoms with Crippen molar-refractivity contribution in [3.8, 4) is 23.2 Å². The van der Waals surface area contributed by atoms with Crippen molar-refractivity contribution in [3.63, 3.8) is 0 Å². The molecular formula is C27H18N3O2Pt-. The number of benzene rings is 3. The minimum Gasteiger partial charge on any atom is -0.505 e. The monoisotopic (exact) mass is 611 g/mol. The van der Waals surface area contributed by atoms with E-state index in [1.165, 1.54) is 0 Å². The van der Waals surface area contributed by atoms with E-state index in [0.717, 1.165) is 38.6 Å². The molecule has 164 valence electrons. The van der Waals surface area contributed by atoms with Gasteiger partial charge in [0.1, 0.15) is 17.1 Å². The number of aryl methyl sites for hydroxylation is 1. The van der Waals surface area contributed by atoms with Crippen molar-refractivity contribution in [3.05, 3.63) is 96.7 Å². The normalized spacial score (nSPS) is 11.1. The van der Waals surface area contributed by atoms with Crippen molar-refractivity contribution in [1.29, 1.82) is 0 Å². The summed E-state index contributed by atoms with van der Waals surface area (Å²) in [5.41, 5.74) is 3.22. The first-order valence-corrected chi connectivity index (χ1v) is 10.3. The van der Waals surface area contributed by atoms with Crippen LogP contribution in [0.4, 0.5) is 0 Å². The molecule has 6 heteroatoms. The van der Waals surface area contributed by atoms with Crippen LogP contribution in [0, 0.1) is 13.0 Å². The molecule has 0 saturated heterocycles. The van der Waals surface area contributed by atoms with E-state index < -0.39 is 0 Å². The number of rotatable bonds is 3. The van der Waals surface area contributed by atoms with Crippen LogP contribution < -0.4 is 4.74 Å². The van der Waals surface area contributed by atoms with Gasteiger partial charge in [0.15, 0.2) is 0 Å². The third kappa shape index (κ3) is 3.55. The van der Waals surface area contributed by atoms with Gasteiger partial charge in [-0.1, -0.05) is 41.9 Å². The van der Waals surface area contributed by atoms with E-state index in [-0.39, 0.29) is 26.8 Å². The summed E-state index contributed by atoms with van der Waals surface area (Å²) in [6.07, 6.45) is 1.78. The second kappa shape index (κ2) is 8.34. The number of ether oxygens (including phenoxy) is 1. The molecule has 1 N–H and O–H groups in total. The molecule has 0 fully saturated rings. The molecule has 6 aromatic rings. The van der Waals surface area contributed by atoms with Gasteiger partial charge in [-0.15, -0.1) is 17.5 Å². The molecule has 0 spiro atoms. The van der Waals surface area contributed by atoms with E-state index >= 15 is 0 Å². The summed E-state index contributed by atoms with van der Waals surface area (Å²) in [4.78, 5) is 9.07. The molecule has 0 unspecified atom stereocenters. The first-order chi connectivity index (χ1) is 15.7. The van der Waals surface area contributed by atoms with Crippen LogP contribution in [0.5, 0.6) is 17.4 Å². The maximum Gasteiger partial charge on any atom is 0.217 e. The molecule has 0 radical (unpaired) electrons. The summed E-state index contributed by atoms with van der Waals surface area (Å²) in [5.74, 6) is 1.92. The Morgan fingerprint density at radius 3 is 2.55 bits per heavy atom. The van der Waals surface area contributed by atoms with Crippen molar-refractivity contribution < 1.29 is 30.9 Å². The molecule has 0 amide bonds. The SMILES string of the molecule is Cc1ccc2ccc(Oc3[c-]c4c(cc3)c3ccccc3n4-c3ccccn3)nc2c1O.[Pt]. The van der Waals surface area contributed by atoms with Crippen LogP contribution in [-0.2, 0) is 21.1 Å². The van der Waals surface area contributed by atoms with E-state index in [2.05, 4.69) is 32.7 Å². The molecule has 3 heterocycles. The van der Waals surface area contributed by atoms with Crippen LogP contribution in [0.3, 0.4) is 0 Å². The summed E-state index contributed by atoms with van der Waals surface area (Å²) in [5, 5.41) is 13.4. The van der Waals surface area contributed by atoms with Crippen LogP contribution in [0.15, 0.2) is 85.1 Å². The fourth-order valence-electron chi connectivity index (χ4n) is 4.08. The number of aromatic nitrogens is 3. The Kier molecular flexibility index (Phi) is 5.35. The number of hydrogen-bond acceptors (Lipinski definition) is 4. The van der Waals surface area contributed by atoms with Crippen molar-refractivity contribution in [2.24, 2.45) is 0 Å². The summed E-state index contributed by atoms with van der Waals surface area (Å²) in [6, 6.07) is 28.9. The number of aromatic hydroxyl groups is 1. The topological polar surface area (TPSA) is 60.2 Å². The molecule has 5 nitrogen and oxygen atoms in total.